The molecule has 0 spiro atoms. The number of hydrogen-bond donors (Lipinski definition) is 1. The third kappa shape index (κ3) is 2.90. The Hall–Kier alpha value is -0.120. The Kier molecular flexibility index (Phi) is 5.00. The maximum atomic E-state index is 3.61. The third-order valence-electron chi connectivity index (χ3n) is 5.97. The van der Waals surface area contributed by atoms with Gasteiger partial charge in [0.15, 0.2) is 0 Å². The molecule has 3 saturated heterocycles. The van der Waals surface area contributed by atoms with Gasteiger partial charge in [-0.05, 0) is 76.7 Å². The van der Waals surface area contributed by atoms with Gasteiger partial charge >= 0.3 is 0 Å². The van der Waals surface area contributed by atoms with E-state index >= 15 is 0 Å². The van der Waals surface area contributed by atoms with E-state index in [1.54, 1.807) is 0 Å². The largest absolute Gasteiger partial charge is 0.316 e. The molecule has 0 radical (unpaired) electrons. The average molecular weight is 279 g/mol. The van der Waals surface area contributed by atoms with Crippen molar-refractivity contribution in [2.45, 2.75) is 58.0 Å². The molecule has 3 aliphatic rings. The van der Waals surface area contributed by atoms with Crippen LogP contribution in [0.2, 0.25) is 0 Å². The van der Waals surface area contributed by atoms with Crippen molar-refractivity contribution >= 4 is 0 Å². The van der Waals surface area contributed by atoms with Crippen LogP contribution in [-0.2, 0) is 0 Å². The summed E-state index contributed by atoms with van der Waals surface area (Å²) >= 11 is 0. The molecular weight excluding hydrogens is 246 g/mol. The van der Waals surface area contributed by atoms with Crippen molar-refractivity contribution in [2.75, 3.05) is 39.3 Å². The van der Waals surface area contributed by atoms with Gasteiger partial charge in [-0.15, -0.1) is 0 Å². The molecule has 3 fully saturated rings. The van der Waals surface area contributed by atoms with Gasteiger partial charge in [-0.2, -0.15) is 0 Å². The monoisotopic (exact) mass is 279 g/mol. The average Bonchev–Trinajstić information content (AvgIpc) is 2.94. The molecule has 3 aliphatic heterocycles. The molecule has 0 aliphatic carbocycles. The van der Waals surface area contributed by atoms with E-state index in [2.05, 4.69) is 29.0 Å². The molecule has 0 aromatic heterocycles. The number of nitrogens with one attached hydrogen (secondary N) is 1. The Morgan fingerprint density at radius 1 is 1.10 bits per heavy atom. The van der Waals surface area contributed by atoms with E-state index < -0.39 is 0 Å². The van der Waals surface area contributed by atoms with Gasteiger partial charge in [0.2, 0.25) is 0 Å². The molecule has 1 N–H and O–H groups in total. The van der Waals surface area contributed by atoms with Gasteiger partial charge in [0, 0.05) is 18.6 Å². The molecule has 3 heterocycles. The molecule has 0 bridgehead atoms. The van der Waals surface area contributed by atoms with Crippen LogP contribution in [-0.4, -0.2) is 61.2 Å². The Balaban J connectivity index is 1.61. The number of nitrogens with zero attached hydrogens (tertiary/aromatic N) is 2. The van der Waals surface area contributed by atoms with Crippen molar-refractivity contribution in [3.8, 4) is 0 Å². The molecular formula is C17H33N3. The molecule has 116 valence electrons. The quantitative estimate of drug-likeness (QED) is 0.851. The standard InChI is InChI=1S/C17H33N3/c1-3-8-19-9-5-6-15(7-10-19)20-13-14-11-18-12-16(14)17(20)4-2/h14-18H,3-13H2,1-2H3. The summed E-state index contributed by atoms with van der Waals surface area (Å²) in [7, 11) is 0. The lowest BCUT2D eigenvalue weighted by Gasteiger charge is -2.34. The van der Waals surface area contributed by atoms with Gasteiger partial charge in [0.25, 0.3) is 0 Å². The highest BCUT2D eigenvalue weighted by Gasteiger charge is 2.45. The van der Waals surface area contributed by atoms with Crippen molar-refractivity contribution in [1.29, 1.82) is 0 Å². The van der Waals surface area contributed by atoms with Crippen LogP contribution >= 0.6 is 0 Å². The van der Waals surface area contributed by atoms with E-state index in [0.29, 0.717) is 0 Å². The third-order valence-corrected chi connectivity index (χ3v) is 5.97. The summed E-state index contributed by atoms with van der Waals surface area (Å²) < 4.78 is 0. The predicted molar refractivity (Wildman–Crippen MR) is 85.0 cm³/mol. The smallest absolute Gasteiger partial charge is 0.0140 e. The maximum absolute atomic E-state index is 3.61. The van der Waals surface area contributed by atoms with Gasteiger partial charge in [0.1, 0.15) is 0 Å². The first-order valence-electron chi connectivity index (χ1n) is 9.02. The van der Waals surface area contributed by atoms with Crippen molar-refractivity contribution in [3.05, 3.63) is 0 Å². The molecule has 0 aromatic carbocycles. The molecule has 3 heteroatoms. The van der Waals surface area contributed by atoms with Gasteiger partial charge in [-0.25, -0.2) is 0 Å². The van der Waals surface area contributed by atoms with Crippen LogP contribution in [0.4, 0.5) is 0 Å². The lowest BCUT2D eigenvalue weighted by atomic mass is 9.92. The highest BCUT2D eigenvalue weighted by Crippen LogP contribution is 2.37. The summed E-state index contributed by atoms with van der Waals surface area (Å²) in [6.45, 7) is 12.6. The zero-order valence-electron chi connectivity index (χ0n) is 13.5. The number of hydrogen-bond acceptors (Lipinski definition) is 3. The molecule has 3 nitrogen and oxygen atoms in total. The van der Waals surface area contributed by atoms with E-state index in [1.807, 2.05) is 0 Å². The second kappa shape index (κ2) is 6.76. The molecule has 3 rings (SSSR count). The van der Waals surface area contributed by atoms with E-state index in [4.69, 9.17) is 0 Å². The summed E-state index contributed by atoms with van der Waals surface area (Å²) in [4.78, 5) is 5.62. The predicted octanol–water partition coefficient (Wildman–Crippen LogP) is 2.18. The van der Waals surface area contributed by atoms with Crippen LogP contribution in [0.1, 0.15) is 46.0 Å². The van der Waals surface area contributed by atoms with Crippen molar-refractivity contribution in [3.63, 3.8) is 0 Å². The van der Waals surface area contributed by atoms with Crippen molar-refractivity contribution in [2.24, 2.45) is 11.8 Å². The topological polar surface area (TPSA) is 18.5 Å². The van der Waals surface area contributed by atoms with Crippen LogP contribution in [0.15, 0.2) is 0 Å². The second-order valence-electron chi connectivity index (χ2n) is 7.18. The lowest BCUT2D eigenvalue weighted by Crippen LogP contribution is -2.42. The fraction of sp³-hybridized carbons (Fsp3) is 1.00. The minimum atomic E-state index is 0.859. The number of rotatable bonds is 4. The van der Waals surface area contributed by atoms with Crippen LogP contribution in [0, 0.1) is 11.8 Å². The molecule has 20 heavy (non-hydrogen) atoms. The van der Waals surface area contributed by atoms with Crippen LogP contribution in [0.3, 0.4) is 0 Å². The molecule has 0 aromatic rings. The summed E-state index contributed by atoms with van der Waals surface area (Å²) in [6.07, 6.45) is 6.90. The first-order chi connectivity index (χ1) is 9.83. The minimum absolute atomic E-state index is 0.859. The second-order valence-corrected chi connectivity index (χ2v) is 7.18. The summed E-state index contributed by atoms with van der Waals surface area (Å²) in [6, 6.07) is 1.73. The highest BCUT2D eigenvalue weighted by molar-refractivity contribution is 5.00. The SMILES string of the molecule is CCCN1CCCC(N2CC3CNCC3C2CC)CC1. The first-order valence-corrected chi connectivity index (χ1v) is 9.02. The minimum Gasteiger partial charge on any atom is -0.316 e. The van der Waals surface area contributed by atoms with E-state index in [1.165, 1.54) is 71.4 Å². The Morgan fingerprint density at radius 2 is 2.00 bits per heavy atom. The van der Waals surface area contributed by atoms with Crippen molar-refractivity contribution in [1.82, 2.24) is 15.1 Å². The van der Waals surface area contributed by atoms with Crippen LogP contribution in [0.5, 0.6) is 0 Å². The van der Waals surface area contributed by atoms with Gasteiger partial charge in [0.05, 0.1) is 0 Å². The normalized spacial score (nSPS) is 39.9. The van der Waals surface area contributed by atoms with Crippen LogP contribution in [0.25, 0.3) is 0 Å². The Morgan fingerprint density at radius 3 is 2.80 bits per heavy atom. The zero-order valence-corrected chi connectivity index (χ0v) is 13.5. The zero-order chi connectivity index (χ0) is 13.9. The lowest BCUT2D eigenvalue weighted by molar-refractivity contribution is 0.140. The van der Waals surface area contributed by atoms with E-state index in [0.717, 1.165) is 23.9 Å². The van der Waals surface area contributed by atoms with Crippen LogP contribution < -0.4 is 5.32 Å². The molecule has 0 amide bonds. The van der Waals surface area contributed by atoms with E-state index in [9.17, 15) is 0 Å². The van der Waals surface area contributed by atoms with Gasteiger partial charge in [-0.1, -0.05) is 13.8 Å². The first kappa shape index (κ1) is 14.8. The van der Waals surface area contributed by atoms with Gasteiger partial charge in [-0.3, -0.25) is 4.90 Å². The molecule has 4 unspecified atom stereocenters. The van der Waals surface area contributed by atoms with Gasteiger partial charge < -0.3 is 10.2 Å². The maximum Gasteiger partial charge on any atom is 0.0140 e. The number of likely N-dealkylation sites (tertiary alicyclic amines) is 2. The molecule has 4 atom stereocenters. The van der Waals surface area contributed by atoms with Crippen molar-refractivity contribution < 1.29 is 0 Å². The highest BCUT2D eigenvalue weighted by atomic mass is 15.2. The Bertz CT molecular complexity index is 307. The molecule has 0 saturated carbocycles. The summed E-state index contributed by atoms with van der Waals surface area (Å²) in [5.41, 5.74) is 0. The summed E-state index contributed by atoms with van der Waals surface area (Å²) in [5.74, 6) is 1.88. The fourth-order valence-electron chi connectivity index (χ4n) is 5.02. The number of fused-ring (bicyclic) bond motifs is 1. The summed E-state index contributed by atoms with van der Waals surface area (Å²) in [5, 5.41) is 3.61. The Labute approximate surface area is 125 Å². The fourth-order valence-corrected chi connectivity index (χ4v) is 5.02. The van der Waals surface area contributed by atoms with E-state index in [-0.39, 0.29) is 0 Å².